The quantitative estimate of drug-likeness (QED) is 0.833. The second-order valence-electron chi connectivity index (χ2n) is 3.97. The lowest BCUT2D eigenvalue weighted by Crippen LogP contribution is -2.23. The lowest BCUT2D eigenvalue weighted by molar-refractivity contribution is 0.548. The van der Waals surface area contributed by atoms with Crippen LogP contribution in [0.1, 0.15) is 30.5 Å². The van der Waals surface area contributed by atoms with Crippen molar-refractivity contribution in [2.75, 3.05) is 6.54 Å². The molecule has 0 bridgehead atoms. The first kappa shape index (κ1) is 12.6. The maximum atomic E-state index is 5.19. The molecule has 1 unspecified atom stereocenters. The van der Waals surface area contributed by atoms with E-state index in [2.05, 4.69) is 59.1 Å². The zero-order valence-corrected chi connectivity index (χ0v) is 12.0. The summed E-state index contributed by atoms with van der Waals surface area (Å²) in [4.78, 5) is 0. The van der Waals surface area contributed by atoms with Gasteiger partial charge in [0.2, 0.25) is 0 Å². The third-order valence-corrected chi connectivity index (χ3v) is 3.67. The van der Waals surface area contributed by atoms with Crippen molar-refractivity contribution >= 4 is 22.6 Å². The van der Waals surface area contributed by atoms with Gasteiger partial charge < -0.3 is 9.73 Å². The Kier molecular flexibility index (Phi) is 4.62. The van der Waals surface area contributed by atoms with Gasteiger partial charge in [-0.05, 0) is 53.3 Å². The molecule has 0 saturated carbocycles. The first-order valence-corrected chi connectivity index (χ1v) is 6.90. The van der Waals surface area contributed by atoms with E-state index in [-0.39, 0.29) is 6.04 Å². The smallest absolute Gasteiger partial charge is 0.0953 e. The topological polar surface area (TPSA) is 25.2 Å². The molecule has 1 aromatic heterocycles. The predicted octanol–water partition coefficient (Wildman–Crippen LogP) is 3.97. The summed E-state index contributed by atoms with van der Waals surface area (Å²) in [6.45, 7) is 3.18. The van der Waals surface area contributed by atoms with Gasteiger partial charge in [-0.3, -0.25) is 0 Å². The van der Waals surface area contributed by atoms with Crippen molar-refractivity contribution in [1.29, 1.82) is 0 Å². The standard InChI is InChI=1S/C14H16INO/c1-2-8-16-14(11-7-9-17-10-11)12-5-3-4-6-13(12)15/h3-7,9-10,14,16H,2,8H2,1H3. The van der Waals surface area contributed by atoms with Crippen LogP contribution in [-0.2, 0) is 0 Å². The van der Waals surface area contributed by atoms with Gasteiger partial charge in [0, 0.05) is 9.13 Å². The molecule has 0 saturated heterocycles. The summed E-state index contributed by atoms with van der Waals surface area (Å²) >= 11 is 2.38. The van der Waals surface area contributed by atoms with E-state index in [4.69, 9.17) is 4.42 Å². The Morgan fingerprint density at radius 2 is 2.12 bits per heavy atom. The molecule has 0 spiro atoms. The molecule has 0 aliphatic rings. The Hall–Kier alpha value is -0.810. The Balaban J connectivity index is 2.30. The SMILES string of the molecule is CCCNC(c1ccoc1)c1ccccc1I. The fraction of sp³-hybridized carbons (Fsp3) is 0.286. The van der Waals surface area contributed by atoms with Crippen molar-refractivity contribution in [3.05, 3.63) is 57.6 Å². The summed E-state index contributed by atoms with van der Waals surface area (Å²) in [5, 5.41) is 3.56. The van der Waals surface area contributed by atoms with Crippen molar-refractivity contribution in [2.45, 2.75) is 19.4 Å². The maximum absolute atomic E-state index is 5.19. The molecule has 2 aromatic rings. The number of hydrogen-bond donors (Lipinski definition) is 1. The lowest BCUT2D eigenvalue weighted by atomic mass is 10.0. The fourth-order valence-corrected chi connectivity index (χ4v) is 2.54. The Bertz CT molecular complexity index is 453. The van der Waals surface area contributed by atoms with Crippen LogP contribution >= 0.6 is 22.6 Å². The van der Waals surface area contributed by atoms with Crippen LogP contribution in [0.15, 0.2) is 47.3 Å². The van der Waals surface area contributed by atoms with Crippen molar-refractivity contribution in [1.82, 2.24) is 5.32 Å². The summed E-state index contributed by atoms with van der Waals surface area (Å²) in [6, 6.07) is 10.7. The molecule has 0 radical (unpaired) electrons. The Morgan fingerprint density at radius 1 is 1.29 bits per heavy atom. The van der Waals surface area contributed by atoms with Crippen molar-refractivity contribution in [2.24, 2.45) is 0 Å². The van der Waals surface area contributed by atoms with Gasteiger partial charge in [0.05, 0.1) is 18.6 Å². The van der Waals surface area contributed by atoms with Gasteiger partial charge in [-0.1, -0.05) is 25.1 Å². The minimum Gasteiger partial charge on any atom is -0.472 e. The van der Waals surface area contributed by atoms with Crippen molar-refractivity contribution in [3.63, 3.8) is 0 Å². The summed E-state index contributed by atoms with van der Waals surface area (Å²) in [7, 11) is 0. The molecule has 90 valence electrons. The summed E-state index contributed by atoms with van der Waals surface area (Å²) in [6.07, 6.45) is 4.67. The molecule has 0 aliphatic heterocycles. The highest BCUT2D eigenvalue weighted by molar-refractivity contribution is 14.1. The second kappa shape index (κ2) is 6.21. The highest BCUT2D eigenvalue weighted by Gasteiger charge is 2.16. The molecular formula is C14H16INO. The number of halogens is 1. The van der Waals surface area contributed by atoms with Gasteiger partial charge in [0.25, 0.3) is 0 Å². The van der Waals surface area contributed by atoms with Crippen molar-refractivity contribution < 1.29 is 4.42 Å². The second-order valence-corrected chi connectivity index (χ2v) is 5.13. The molecule has 1 atom stereocenters. The Labute approximate surface area is 116 Å². The molecule has 1 heterocycles. The minimum atomic E-state index is 0.224. The van der Waals surface area contributed by atoms with Gasteiger partial charge in [-0.15, -0.1) is 0 Å². The zero-order chi connectivity index (χ0) is 12.1. The van der Waals surface area contributed by atoms with Gasteiger partial charge >= 0.3 is 0 Å². The largest absolute Gasteiger partial charge is 0.472 e. The molecular weight excluding hydrogens is 325 g/mol. The van der Waals surface area contributed by atoms with E-state index in [1.54, 1.807) is 6.26 Å². The lowest BCUT2D eigenvalue weighted by Gasteiger charge is -2.18. The van der Waals surface area contributed by atoms with E-state index >= 15 is 0 Å². The van der Waals surface area contributed by atoms with E-state index in [9.17, 15) is 0 Å². The molecule has 17 heavy (non-hydrogen) atoms. The molecule has 0 fully saturated rings. The number of furan rings is 1. The summed E-state index contributed by atoms with van der Waals surface area (Å²) in [5.74, 6) is 0. The molecule has 1 aromatic carbocycles. The fourth-order valence-electron chi connectivity index (χ4n) is 1.84. The molecule has 2 nitrogen and oxygen atoms in total. The van der Waals surface area contributed by atoms with E-state index in [1.165, 1.54) is 14.7 Å². The van der Waals surface area contributed by atoms with Gasteiger partial charge in [0.1, 0.15) is 0 Å². The number of rotatable bonds is 5. The zero-order valence-electron chi connectivity index (χ0n) is 9.82. The van der Waals surface area contributed by atoms with E-state index in [0.29, 0.717) is 0 Å². The average molecular weight is 341 g/mol. The number of benzene rings is 1. The van der Waals surface area contributed by atoms with E-state index in [0.717, 1.165) is 13.0 Å². The Morgan fingerprint density at radius 3 is 2.76 bits per heavy atom. The van der Waals surface area contributed by atoms with Crippen LogP contribution in [0, 0.1) is 3.57 Å². The van der Waals surface area contributed by atoms with Gasteiger partial charge in [0.15, 0.2) is 0 Å². The monoisotopic (exact) mass is 341 g/mol. The van der Waals surface area contributed by atoms with Crippen molar-refractivity contribution in [3.8, 4) is 0 Å². The van der Waals surface area contributed by atoms with E-state index in [1.807, 2.05) is 12.3 Å². The number of nitrogens with one attached hydrogen (secondary N) is 1. The van der Waals surface area contributed by atoms with Crippen LogP contribution in [-0.4, -0.2) is 6.54 Å². The average Bonchev–Trinajstić information content (AvgIpc) is 2.85. The van der Waals surface area contributed by atoms with Crippen LogP contribution < -0.4 is 5.32 Å². The van der Waals surface area contributed by atoms with Crippen LogP contribution in [0.2, 0.25) is 0 Å². The van der Waals surface area contributed by atoms with Gasteiger partial charge in [-0.2, -0.15) is 0 Å². The third kappa shape index (κ3) is 3.10. The van der Waals surface area contributed by atoms with Crippen LogP contribution in [0.5, 0.6) is 0 Å². The number of hydrogen-bond acceptors (Lipinski definition) is 2. The van der Waals surface area contributed by atoms with Gasteiger partial charge in [-0.25, -0.2) is 0 Å². The molecule has 1 N–H and O–H groups in total. The molecule has 0 aliphatic carbocycles. The van der Waals surface area contributed by atoms with Crippen LogP contribution in [0.4, 0.5) is 0 Å². The summed E-state index contributed by atoms with van der Waals surface area (Å²) in [5.41, 5.74) is 2.49. The van der Waals surface area contributed by atoms with Crippen LogP contribution in [0.25, 0.3) is 0 Å². The summed E-state index contributed by atoms with van der Waals surface area (Å²) < 4.78 is 6.47. The molecule has 3 heteroatoms. The van der Waals surface area contributed by atoms with E-state index < -0.39 is 0 Å². The minimum absolute atomic E-state index is 0.224. The highest BCUT2D eigenvalue weighted by Crippen LogP contribution is 2.26. The third-order valence-electron chi connectivity index (χ3n) is 2.69. The van der Waals surface area contributed by atoms with Crippen LogP contribution in [0.3, 0.4) is 0 Å². The molecule has 2 rings (SSSR count). The normalized spacial score (nSPS) is 12.6. The first-order chi connectivity index (χ1) is 8.33. The molecule has 0 amide bonds. The maximum Gasteiger partial charge on any atom is 0.0953 e. The predicted molar refractivity (Wildman–Crippen MR) is 78.0 cm³/mol. The highest BCUT2D eigenvalue weighted by atomic mass is 127. The first-order valence-electron chi connectivity index (χ1n) is 5.83.